The third-order valence-electron chi connectivity index (χ3n) is 5.66. The summed E-state index contributed by atoms with van der Waals surface area (Å²) in [6, 6.07) is 27.4. The molecule has 0 aliphatic rings. The number of halogens is 2. The molecule has 0 aliphatic carbocycles. The molecule has 0 amide bonds. The molecule has 6 nitrogen and oxygen atoms in total. The number of nitrogens with zero attached hydrogens (tertiary/aromatic N) is 3. The number of hydrogen-bond acceptors (Lipinski definition) is 5. The molecule has 0 saturated heterocycles. The monoisotopic (exact) mass is 529 g/mol. The van der Waals surface area contributed by atoms with E-state index >= 15 is 0 Å². The summed E-state index contributed by atoms with van der Waals surface area (Å²) in [5, 5.41) is 5.97. The average Bonchev–Trinajstić information content (AvgIpc) is 2.93. The molecular weight excluding hydrogens is 509 g/mol. The fraction of sp³-hybridized carbons (Fsp3) is 0.0690. The number of methoxy groups -OCH3 is 1. The Morgan fingerprint density at radius 3 is 2.43 bits per heavy atom. The number of rotatable bonds is 7. The van der Waals surface area contributed by atoms with Crippen molar-refractivity contribution in [2.75, 3.05) is 7.11 Å². The molecule has 37 heavy (non-hydrogen) atoms. The highest BCUT2D eigenvalue weighted by molar-refractivity contribution is 6.32. The van der Waals surface area contributed by atoms with Gasteiger partial charge in [0.2, 0.25) is 0 Å². The largest absolute Gasteiger partial charge is 0.493 e. The second-order valence-electron chi connectivity index (χ2n) is 8.13. The van der Waals surface area contributed by atoms with E-state index in [0.29, 0.717) is 50.4 Å². The maximum atomic E-state index is 13.4. The molecule has 0 unspecified atom stereocenters. The van der Waals surface area contributed by atoms with Crippen molar-refractivity contribution in [3.05, 3.63) is 123 Å². The first-order valence-electron chi connectivity index (χ1n) is 11.4. The molecule has 0 N–H and O–H groups in total. The van der Waals surface area contributed by atoms with Crippen LogP contribution < -0.4 is 15.0 Å². The van der Waals surface area contributed by atoms with E-state index in [9.17, 15) is 4.79 Å². The summed E-state index contributed by atoms with van der Waals surface area (Å²) in [5.41, 5.74) is 2.65. The van der Waals surface area contributed by atoms with Crippen LogP contribution in [0.3, 0.4) is 0 Å². The van der Waals surface area contributed by atoms with Crippen LogP contribution in [0.1, 0.15) is 11.1 Å². The Labute approximate surface area is 223 Å². The van der Waals surface area contributed by atoms with Gasteiger partial charge >= 0.3 is 0 Å². The molecule has 4 aromatic carbocycles. The molecule has 0 atom stereocenters. The fourth-order valence-corrected chi connectivity index (χ4v) is 4.22. The molecule has 0 radical (unpaired) electrons. The van der Waals surface area contributed by atoms with E-state index in [0.717, 1.165) is 11.1 Å². The molecule has 1 heterocycles. The lowest BCUT2D eigenvalue weighted by molar-refractivity contribution is 0.284. The number of hydrogen-bond donors (Lipinski definition) is 0. The minimum absolute atomic E-state index is 0.276. The summed E-state index contributed by atoms with van der Waals surface area (Å²) in [6.07, 6.45) is 1.54. The van der Waals surface area contributed by atoms with Crippen LogP contribution >= 0.6 is 23.2 Å². The molecule has 8 heteroatoms. The van der Waals surface area contributed by atoms with Crippen molar-refractivity contribution < 1.29 is 9.47 Å². The highest BCUT2D eigenvalue weighted by Crippen LogP contribution is 2.36. The van der Waals surface area contributed by atoms with Crippen LogP contribution in [0.2, 0.25) is 10.0 Å². The number of aromatic nitrogens is 2. The van der Waals surface area contributed by atoms with Gasteiger partial charge in [0.15, 0.2) is 17.3 Å². The molecule has 0 aliphatic heterocycles. The third-order valence-corrected chi connectivity index (χ3v) is 6.19. The van der Waals surface area contributed by atoms with E-state index < -0.39 is 0 Å². The lowest BCUT2D eigenvalue weighted by Gasteiger charge is -2.13. The molecule has 0 saturated carbocycles. The van der Waals surface area contributed by atoms with E-state index in [4.69, 9.17) is 37.7 Å². The van der Waals surface area contributed by atoms with Gasteiger partial charge in [0, 0.05) is 10.6 Å². The van der Waals surface area contributed by atoms with Crippen LogP contribution in [-0.4, -0.2) is 23.0 Å². The minimum Gasteiger partial charge on any atom is -0.493 e. The number of benzene rings is 4. The summed E-state index contributed by atoms with van der Waals surface area (Å²) in [5.74, 6) is 1.28. The zero-order valence-corrected chi connectivity index (χ0v) is 21.3. The summed E-state index contributed by atoms with van der Waals surface area (Å²) >= 11 is 12.5. The SMILES string of the molecule is COc1cc(C=Nn2c(-c3ccccc3)nc3ccccc3c2=O)cc(Cl)c1OCc1ccc(Cl)cc1. The van der Waals surface area contributed by atoms with Crippen molar-refractivity contribution in [1.29, 1.82) is 0 Å². The second kappa shape index (κ2) is 10.9. The van der Waals surface area contributed by atoms with Crippen molar-refractivity contribution in [3.63, 3.8) is 0 Å². The standard InChI is InChI=1S/C29H21Cl2N3O3/c1-36-26-16-20(15-24(31)27(26)37-18-19-11-13-22(30)14-12-19)17-32-34-28(21-7-3-2-4-8-21)33-25-10-6-5-9-23(25)29(34)35/h2-17H,18H2,1H3. The Balaban J connectivity index is 1.51. The Hall–Kier alpha value is -4.13. The summed E-state index contributed by atoms with van der Waals surface area (Å²) < 4.78 is 12.8. The van der Waals surface area contributed by atoms with Gasteiger partial charge in [0.1, 0.15) is 6.61 Å². The maximum absolute atomic E-state index is 13.4. The van der Waals surface area contributed by atoms with Gasteiger partial charge in [-0.1, -0.05) is 77.8 Å². The first-order chi connectivity index (χ1) is 18.0. The number of ether oxygens (including phenoxy) is 2. The Kier molecular flexibility index (Phi) is 7.21. The van der Waals surface area contributed by atoms with E-state index in [1.165, 1.54) is 11.8 Å². The number of fused-ring (bicyclic) bond motifs is 1. The van der Waals surface area contributed by atoms with Gasteiger partial charge in [0.05, 0.1) is 29.2 Å². The van der Waals surface area contributed by atoms with Gasteiger partial charge < -0.3 is 9.47 Å². The Bertz CT molecular complexity index is 1650. The first kappa shape index (κ1) is 24.6. The van der Waals surface area contributed by atoms with Crippen LogP contribution in [0, 0.1) is 0 Å². The second-order valence-corrected chi connectivity index (χ2v) is 8.97. The Morgan fingerprint density at radius 1 is 0.946 bits per heavy atom. The van der Waals surface area contributed by atoms with E-state index in [1.54, 1.807) is 42.6 Å². The lowest BCUT2D eigenvalue weighted by Crippen LogP contribution is -2.20. The molecule has 0 bridgehead atoms. The van der Waals surface area contributed by atoms with Gasteiger partial charge in [-0.3, -0.25) is 4.79 Å². The van der Waals surface area contributed by atoms with E-state index in [1.807, 2.05) is 54.6 Å². The molecule has 1 aromatic heterocycles. The van der Waals surface area contributed by atoms with Crippen molar-refractivity contribution in [3.8, 4) is 22.9 Å². The quantitative estimate of drug-likeness (QED) is 0.216. The molecule has 0 fully saturated rings. The highest BCUT2D eigenvalue weighted by atomic mass is 35.5. The predicted molar refractivity (Wildman–Crippen MR) is 148 cm³/mol. The van der Waals surface area contributed by atoms with Crippen LogP contribution in [-0.2, 0) is 6.61 Å². The minimum atomic E-state index is -0.276. The number of para-hydroxylation sites is 1. The van der Waals surface area contributed by atoms with Gasteiger partial charge in [-0.2, -0.15) is 9.78 Å². The van der Waals surface area contributed by atoms with Gasteiger partial charge in [-0.05, 0) is 47.5 Å². The topological polar surface area (TPSA) is 65.7 Å². The highest BCUT2D eigenvalue weighted by Gasteiger charge is 2.14. The predicted octanol–water partition coefficient (Wildman–Crippen LogP) is 6.84. The van der Waals surface area contributed by atoms with Crippen LogP contribution in [0.5, 0.6) is 11.5 Å². The van der Waals surface area contributed by atoms with Gasteiger partial charge in [-0.25, -0.2) is 4.98 Å². The normalized spacial score (nSPS) is 11.2. The van der Waals surface area contributed by atoms with Gasteiger partial charge in [-0.15, -0.1) is 0 Å². The van der Waals surface area contributed by atoms with E-state index in [-0.39, 0.29) is 5.56 Å². The van der Waals surface area contributed by atoms with Crippen LogP contribution in [0.25, 0.3) is 22.3 Å². The molecule has 0 spiro atoms. The maximum Gasteiger partial charge on any atom is 0.282 e. The van der Waals surface area contributed by atoms with Crippen molar-refractivity contribution in [2.24, 2.45) is 5.10 Å². The van der Waals surface area contributed by atoms with Gasteiger partial charge in [0.25, 0.3) is 5.56 Å². The smallest absolute Gasteiger partial charge is 0.282 e. The zero-order chi connectivity index (χ0) is 25.8. The zero-order valence-electron chi connectivity index (χ0n) is 19.8. The summed E-state index contributed by atoms with van der Waals surface area (Å²) in [4.78, 5) is 18.1. The van der Waals surface area contributed by atoms with Crippen molar-refractivity contribution in [1.82, 2.24) is 9.66 Å². The van der Waals surface area contributed by atoms with E-state index in [2.05, 4.69) is 5.10 Å². The molecule has 5 rings (SSSR count). The first-order valence-corrected chi connectivity index (χ1v) is 12.2. The van der Waals surface area contributed by atoms with Crippen molar-refractivity contribution in [2.45, 2.75) is 6.61 Å². The molecule has 184 valence electrons. The fourth-order valence-electron chi connectivity index (χ4n) is 3.82. The van der Waals surface area contributed by atoms with Crippen molar-refractivity contribution >= 4 is 40.3 Å². The summed E-state index contributed by atoms with van der Waals surface area (Å²) in [7, 11) is 1.53. The average molecular weight is 530 g/mol. The third kappa shape index (κ3) is 5.35. The van der Waals surface area contributed by atoms with Crippen LogP contribution in [0.15, 0.2) is 101 Å². The molecular formula is C29H21Cl2N3O3. The Morgan fingerprint density at radius 2 is 1.68 bits per heavy atom. The lowest BCUT2D eigenvalue weighted by atomic mass is 10.2. The molecule has 5 aromatic rings. The summed E-state index contributed by atoms with van der Waals surface area (Å²) in [6.45, 7) is 0.291. The van der Waals surface area contributed by atoms with Crippen LogP contribution in [0.4, 0.5) is 0 Å².